The van der Waals surface area contributed by atoms with Crippen LogP contribution in [0.1, 0.15) is 24.5 Å². The maximum Gasteiger partial charge on any atom is 0.250 e. The Kier molecular flexibility index (Phi) is 4.73. The van der Waals surface area contributed by atoms with E-state index in [-0.39, 0.29) is 23.7 Å². The molecule has 0 unspecified atom stereocenters. The zero-order valence-corrected chi connectivity index (χ0v) is 14.4. The van der Waals surface area contributed by atoms with Crippen LogP contribution in [0.25, 0.3) is 11.5 Å². The molecule has 7 heteroatoms. The predicted molar refractivity (Wildman–Crippen MR) is 92.5 cm³/mol. The highest BCUT2D eigenvalue weighted by atomic mass is 19.1. The van der Waals surface area contributed by atoms with Gasteiger partial charge in [-0.3, -0.25) is 9.88 Å². The maximum atomic E-state index is 13.9. The summed E-state index contributed by atoms with van der Waals surface area (Å²) in [5, 5.41) is 8.05. The second kappa shape index (κ2) is 7.31. The van der Waals surface area contributed by atoms with Crippen LogP contribution >= 0.6 is 0 Å². The molecule has 0 amide bonds. The molecule has 4 rings (SSSR count). The Bertz CT molecular complexity index is 871. The van der Waals surface area contributed by atoms with Crippen LogP contribution in [0.5, 0.6) is 0 Å². The van der Waals surface area contributed by atoms with E-state index in [1.54, 1.807) is 0 Å². The third kappa shape index (κ3) is 3.63. The second-order valence-electron chi connectivity index (χ2n) is 6.42. The average Bonchev–Trinajstić information content (AvgIpc) is 3.12. The van der Waals surface area contributed by atoms with E-state index in [4.69, 9.17) is 9.15 Å². The van der Waals surface area contributed by atoms with Crippen molar-refractivity contribution < 1.29 is 13.5 Å². The molecule has 0 spiro atoms. The molecular formula is C19H19FN4O2. The van der Waals surface area contributed by atoms with E-state index in [2.05, 4.69) is 32.2 Å². The quantitative estimate of drug-likeness (QED) is 0.717. The van der Waals surface area contributed by atoms with Crippen LogP contribution in [0.15, 0.2) is 53.2 Å². The molecule has 3 heterocycles. The Hall–Kier alpha value is -2.64. The Morgan fingerprint density at radius 3 is 2.81 bits per heavy atom. The fourth-order valence-electron chi connectivity index (χ4n) is 3.17. The average molecular weight is 354 g/mol. The Balaban J connectivity index is 1.51. The van der Waals surface area contributed by atoms with Crippen LogP contribution in [-0.4, -0.2) is 39.3 Å². The Morgan fingerprint density at radius 1 is 1.15 bits per heavy atom. The summed E-state index contributed by atoms with van der Waals surface area (Å²) in [7, 11) is 0. The lowest BCUT2D eigenvalue weighted by molar-refractivity contribution is -0.0914. The van der Waals surface area contributed by atoms with E-state index in [1.165, 1.54) is 17.8 Å². The predicted octanol–water partition coefficient (Wildman–Crippen LogP) is 3.23. The Labute approximate surface area is 150 Å². The van der Waals surface area contributed by atoms with Crippen LogP contribution in [0.4, 0.5) is 4.39 Å². The maximum absolute atomic E-state index is 13.9. The number of ether oxygens (including phenoxy) is 1. The molecule has 3 aromatic rings. The summed E-state index contributed by atoms with van der Waals surface area (Å²) in [6.07, 6.45) is 2.31. The molecule has 0 radical (unpaired) electrons. The van der Waals surface area contributed by atoms with Crippen molar-refractivity contribution in [2.24, 2.45) is 0 Å². The standard InChI is InChI=1S/C19H19FN4O2/c1-13-10-24(11-14-5-3-2-4-6-14)12-17(25-13)19-23-22-18(26-19)15-7-8-21-9-16(15)20/h2-9,13,17H,10-12H2,1H3/t13-,17-/m1/s1. The van der Waals surface area contributed by atoms with Gasteiger partial charge in [-0.1, -0.05) is 30.3 Å². The van der Waals surface area contributed by atoms with Gasteiger partial charge >= 0.3 is 0 Å². The highest BCUT2D eigenvalue weighted by Crippen LogP contribution is 2.28. The zero-order chi connectivity index (χ0) is 17.9. The normalized spacial score (nSPS) is 21.0. The number of benzene rings is 1. The second-order valence-corrected chi connectivity index (χ2v) is 6.42. The summed E-state index contributed by atoms with van der Waals surface area (Å²) >= 11 is 0. The largest absolute Gasteiger partial charge is 0.418 e. The van der Waals surface area contributed by atoms with Gasteiger partial charge < -0.3 is 9.15 Å². The van der Waals surface area contributed by atoms with Gasteiger partial charge in [-0.25, -0.2) is 4.39 Å². The summed E-state index contributed by atoms with van der Waals surface area (Å²) < 4.78 is 25.5. The van der Waals surface area contributed by atoms with Crippen LogP contribution in [0.3, 0.4) is 0 Å². The first-order valence-electron chi connectivity index (χ1n) is 8.54. The van der Waals surface area contributed by atoms with Crippen LogP contribution in [-0.2, 0) is 11.3 Å². The lowest BCUT2D eigenvalue weighted by Gasteiger charge is -2.35. The van der Waals surface area contributed by atoms with Crippen molar-refractivity contribution in [3.63, 3.8) is 0 Å². The summed E-state index contributed by atoms with van der Waals surface area (Å²) in [6.45, 7) is 4.31. The van der Waals surface area contributed by atoms with Crippen molar-refractivity contribution in [1.82, 2.24) is 20.1 Å². The number of aromatic nitrogens is 3. The van der Waals surface area contributed by atoms with E-state index in [0.717, 1.165) is 19.3 Å². The number of rotatable bonds is 4. The molecule has 0 N–H and O–H groups in total. The van der Waals surface area contributed by atoms with Crippen LogP contribution in [0, 0.1) is 5.82 Å². The molecule has 6 nitrogen and oxygen atoms in total. The Morgan fingerprint density at radius 2 is 2.00 bits per heavy atom. The van der Waals surface area contributed by atoms with Gasteiger partial charge in [0.25, 0.3) is 5.89 Å². The molecule has 0 saturated carbocycles. The van der Waals surface area contributed by atoms with Gasteiger partial charge in [0.2, 0.25) is 5.89 Å². The van der Waals surface area contributed by atoms with Crippen molar-refractivity contribution in [2.45, 2.75) is 25.7 Å². The SMILES string of the molecule is C[C@@H]1CN(Cc2ccccc2)C[C@H](c2nnc(-c3ccncc3F)o2)O1. The van der Waals surface area contributed by atoms with Crippen molar-refractivity contribution >= 4 is 0 Å². The molecule has 1 saturated heterocycles. The smallest absolute Gasteiger partial charge is 0.250 e. The third-order valence-electron chi connectivity index (χ3n) is 4.30. The summed E-state index contributed by atoms with van der Waals surface area (Å²) in [6, 6.07) is 11.8. The summed E-state index contributed by atoms with van der Waals surface area (Å²) in [4.78, 5) is 6.03. The van der Waals surface area contributed by atoms with Crippen molar-refractivity contribution in [3.05, 3.63) is 66.1 Å². The molecule has 0 aliphatic carbocycles. The van der Waals surface area contributed by atoms with Gasteiger partial charge in [0.1, 0.15) is 6.10 Å². The number of hydrogen-bond donors (Lipinski definition) is 0. The molecule has 1 aliphatic heterocycles. The minimum absolute atomic E-state index is 0.0328. The van der Waals surface area contributed by atoms with Crippen molar-refractivity contribution in [1.29, 1.82) is 0 Å². The van der Waals surface area contributed by atoms with Gasteiger partial charge in [-0.05, 0) is 18.6 Å². The minimum atomic E-state index is -0.494. The number of hydrogen-bond acceptors (Lipinski definition) is 6. The fraction of sp³-hybridized carbons (Fsp3) is 0.316. The monoisotopic (exact) mass is 354 g/mol. The molecule has 1 fully saturated rings. The number of halogens is 1. The first-order valence-corrected chi connectivity index (χ1v) is 8.54. The van der Waals surface area contributed by atoms with Crippen molar-refractivity contribution in [2.75, 3.05) is 13.1 Å². The molecular weight excluding hydrogens is 335 g/mol. The fourth-order valence-corrected chi connectivity index (χ4v) is 3.17. The molecule has 0 bridgehead atoms. The zero-order valence-electron chi connectivity index (χ0n) is 14.4. The van der Waals surface area contributed by atoms with E-state index >= 15 is 0 Å². The number of morpholine rings is 1. The van der Waals surface area contributed by atoms with E-state index < -0.39 is 5.82 Å². The highest BCUT2D eigenvalue weighted by molar-refractivity contribution is 5.52. The molecule has 134 valence electrons. The molecule has 26 heavy (non-hydrogen) atoms. The number of pyridine rings is 1. The minimum Gasteiger partial charge on any atom is -0.418 e. The topological polar surface area (TPSA) is 64.3 Å². The van der Waals surface area contributed by atoms with E-state index in [1.807, 2.05) is 25.1 Å². The highest BCUT2D eigenvalue weighted by Gasteiger charge is 2.30. The molecule has 1 aliphatic rings. The third-order valence-corrected chi connectivity index (χ3v) is 4.30. The lowest BCUT2D eigenvalue weighted by atomic mass is 10.1. The van der Waals surface area contributed by atoms with Crippen LogP contribution in [0.2, 0.25) is 0 Å². The summed E-state index contributed by atoms with van der Waals surface area (Å²) in [5.41, 5.74) is 1.48. The summed E-state index contributed by atoms with van der Waals surface area (Å²) in [5.74, 6) is 0.00324. The molecule has 1 aromatic carbocycles. The van der Waals surface area contributed by atoms with Gasteiger partial charge in [0, 0.05) is 25.8 Å². The van der Waals surface area contributed by atoms with E-state index in [0.29, 0.717) is 12.4 Å². The van der Waals surface area contributed by atoms with Gasteiger partial charge in [0.05, 0.1) is 17.9 Å². The lowest BCUT2D eigenvalue weighted by Crippen LogP contribution is -2.42. The van der Waals surface area contributed by atoms with Gasteiger partial charge in [-0.15, -0.1) is 10.2 Å². The van der Waals surface area contributed by atoms with Crippen LogP contribution < -0.4 is 0 Å². The van der Waals surface area contributed by atoms with Gasteiger partial charge in [-0.2, -0.15) is 0 Å². The first-order chi connectivity index (χ1) is 12.7. The number of nitrogens with zero attached hydrogens (tertiary/aromatic N) is 4. The van der Waals surface area contributed by atoms with Crippen molar-refractivity contribution in [3.8, 4) is 11.5 Å². The first kappa shape index (κ1) is 16.8. The molecule has 2 atom stereocenters. The van der Waals surface area contributed by atoms with Gasteiger partial charge in [0.15, 0.2) is 5.82 Å². The molecule has 2 aromatic heterocycles. The van der Waals surface area contributed by atoms with E-state index in [9.17, 15) is 4.39 Å².